The van der Waals surface area contributed by atoms with Gasteiger partial charge in [0.1, 0.15) is 0 Å². The molecule has 0 aliphatic rings. The normalized spacial score (nSPS) is 12.4. The molecule has 0 bridgehead atoms. The first-order valence-electron chi connectivity index (χ1n) is 5.80. The summed E-state index contributed by atoms with van der Waals surface area (Å²) in [6.45, 7) is 2.59. The fourth-order valence-electron chi connectivity index (χ4n) is 1.98. The van der Waals surface area contributed by atoms with Crippen molar-refractivity contribution in [3.63, 3.8) is 0 Å². The van der Waals surface area contributed by atoms with E-state index in [1.165, 1.54) is 5.56 Å². The van der Waals surface area contributed by atoms with E-state index in [1.807, 2.05) is 23.9 Å². The molecule has 0 fully saturated rings. The molecule has 0 amide bonds. The Morgan fingerprint density at radius 1 is 1.44 bits per heavy atom. The fourth-order valence-corrected chi connectivity index (χ4v) is 2.59. The smallest absolute Gasteiger partial charge is 0.0946 e. The van der Waals surface area contributed by atoms with E-state index >= 15 is 0 Å². The predicted octanol–water partition coefficient (Wildman–Crippen LogP) is 2.60. The van der Waals surface area contributed by atoms with Gasteiger partial charge in [-0.15, -0.1) is 0 Å². The van der Waals surface area contributed by atoms with Crippen LogP contribution in [-0.4, -0.2) is 16.1 Å². The molecule has 18 heavy (non-hydrogen) atoms. The molecule has 3 N–H and O–H groups in total. The molecule has 0 aliphatic heterocycles. The van der Waals surface area contributed by atoms with Crippen molar-refractivity contribution in [3.8, 4) is 0 Å². The highest BCUT2D eigenvalue weighted by atomic mass is 79.9. The second-order valence-corrected chi connectivity index (χ2v) is 5.29. The number of anilines is 1. The van der Waals surface area contributed by atoms with Gasteiger partial charge in [-0.1, -0.05) is 15.9 Å². The molecule has 0 aliphatic carbocycles. The number of aromatic nitrogens is 2. The average Bonchev–Trinajstić information content (AvgIpc) is 2.71. The van der Waals surface area contributed by atoms with Crippen molar-refractivity contribution in [2.75, 3.05) is 11.9 Å². The molecule has 96 valence electrons. The first-order valence-corrected chi connectivity index (χ1v) is 6.59. The van der Waals surface area contributed by atoms with Crippen molar-refractivity contribution in [2.45, 2.75) is 13.0 Å². The largest absolute Gasteiger partial charge is 0.375 e. The fraction of sp³-hybridized carbons (Fsp3) is 0.308. The van der Waals surface area contributed by atoms with Crippen molar-refractivity contribution in [2.24, 2.45) is 12.8 Å². The van der Waals surface area contributed by atoms with E-state index in [0.29, 0.717) is 6.54 Å². The minimum absolute atomic E-state index is 0.0613. The number of nitrogens with zero attached hydrogens (tertiary/aromatic N) is 2. The molecule has 1 unspecified atom stereocenters. The minimum Gasteiger partial charge on any atom is -0.375 e. The molecule has 5 heteroatoms. The Labute approximate surface area is 115 Å². The first kappa shape index (κ1) is 13.1. The van der Waals surface area contributed by atoms with Crippen molar-refractivity contribution in [1.29, 1.82) is 0 Å². The molecule has 1 aromatic carbocycles. The van der Waals surface area contributed by atoms with Crippen molar-refractivity contribution in [3.05, 3.63) is 46.5 Å². The third-order valence-corrected chi connectivity index (χ3v) is 3.29. The molecule has 4 nitrogen and oxygen atoms in total. The molecule has 0 spiro atoms. The van der Waals surface area contributed by atoms with Gasteiger partial charge in [0.2, 0.25) is 0 Å². The van der Waals surface area contributed by atoms with Crippen molar-refractivity contribution < 1.29 is 0 Å². The summed E-state index contributed by atoms with van der Waals surface area (Å²) in [5.74, 6) is 0. The summed E-state index contributed by atoms with van der Waals surface area (Å²) < 4.78 is 3.04. The monoisotopic (exact) mass is 308 g/mol. The van der Waals surface area contributed by atoms with E-state index in [2.05, 4.69) is 45.3 Å². The number of nitrogens with one attached hydrogen (secondary N) is 1. The van der Waals surface area contributed by atoms with Crippen LogP contribution in [0.2, 0.25) is 0 Å². The summed E-state index contributed by atoms with van der Waals surface area (Å²) in [6, 6.07) is 6.29. The van der Waals surface area contributed by atoms with Crippen LogP contribution >= 0.6 is 15.9 Å². The Hall–Kier alpha value is -1.33. The van der Waals surface area contributed by atoms with E-state index in [4.69, 9.17) is 5.73 Å². The SMILES string of the molecule is Cc1cc(Br)cc(NC(CN)c2cncn2C)c1. The van der Waals surface area contributed by atoms with Crippen LogP contribution in [-0.2, 0) is 7.05 Å². The van der Waals surface area contributed by atoms with Crippen LogP contribution in [0.1, 0.15) is 17.3 Å². The van der Waals surface area contributed by atoms with E-state index in [9.17, 15) is 0 Å². The number of hydrogen-bond acceptors (Lipinski definition) is 3. The Balaban J connectivity index is 2.23. The van der Waals surface area contributed by atoms with Gasteiger partial charge >= 0.3 is 0 Å². The zero-order chi connectivity index (χ0) is 13.1. The van der Waals surface area contributed by atoms with E-state index in [1.54, 1.807) is 6.33 Å². The van der Waals surface area contributed by atoms with Crippen molar-refractivity contribution >= 4 is 21.6 Å². The van der Waals surface area contributed by atoms with E-state index < -0.39 is 0 Å². The lowest BCUT2D eigenvalue weighted by Gasteiger charge is -2.19. The summed E-state index contributed by atoms with van der Waals surface area (Å²) in [7, 11) is 1.97. The van der Waals surface area contributed by atoms with E-state index in [0.717, 1.165) is 15.9 Å². The molecule has 1 aromatic heterocycles. The molecule has 1 atom stereocenters. The molecular weight excluding hydrogens is 292 g/mol. The number of imidazole rings is 1. The Morgan fingerprint density at radius 2 is 2.22 bits per heavy atom. The zero-order valence-electron chi connectivity index (χ0n) is 10.5. The molecule has 0 radical (unpaired) electrons. The van der Waals surface area contributed by atoms with Gasteiger partial charge in [0, 0.05) is 23.8 Å². The second kappa shape index (κ2) is 5.54. The topological polar surface area (TPSA) is 55.9 Å². The number of rotatable bonds is 4. The molecule has 1 heterocycles. The maximum atomic E-state index is 5.84. The minimum atomic E-state index is 0.0613. The Kier molecular flexibility index (Phi) is 4.04. The van der Waals surface area contributed by atoms with Crippen molar-refractivity contribution in [1.82, 2.24) is 9.55 Å². The van der Waals surface area contributed by atoms with Crippen LogP contribution in [0.25, 0.3) is 0 Å². The third kappa shape index (κ3) is 2.91. The van der Waals surface area contributed by atoms with Gasteiger partial charge in [-0.2, -0.15) is 0 Å². The Bertz CT molecular complexity index is 515. The third-order valence-electron chi connectivity index (χ3n) is 2.83. The van der Waals surface area contributed by atoms with Gasteiger partial charge < -0.3 is 15.6 Å². The predicted molar refractivity (Wildman–Crippen MR) is 77.5 cm³/mol. The van der Waals surface area contributed by atoms with Crippen LogP contribution in [0.15, 0.2) is 35.2 Å². The highest BCUT2D eigenvalue weighted by molar-refractivity contribution is 9.10. The van der Waals surface area contributed by atoms with Gasteiger partial charge in [0.15, 0.2) is 0 Å². The summed E-state index contributed by atoms with van der Waals surface area (Å²) in [5, 5.41) is 3.44. The maximum absolute atomic E-state index is 5.84. The van der Waals surface area contributed by atoms with Gasteiger partial charge in [-0.3, -0.25) is 0 Å². The van der Waals surface area contributed by atoms with Gasteiger partial charge in [-0.25, -0.2) is 4.98 Å². The number of nitrogens with two attached hydrogens (primary N) is 1. The standard InChI is InChI=1S/C13H17BrN4/c1-9-3-10(14)5-11(4-9)17-12(6-15)13-7-16-8-18(13)2/h3-5,7-8,12,17H,6,15H2,1-2H3. The molecular formula is C13H17BrN4. The number of halogens is 1. The summed E-state index contributed by atoms with van der Waals surface area (Å²) in [6.07, 6.45) is 3.63. The number of aryl methyl sites for hydroxylation is 2. The van der Waals surface area contributed by atoms with Crippen LogP contribution in [0.4, 0.5) is 5.69 Å². The lowest BCUT2D eigenvalue weighted by Crippen LogP contribution is -2.22. The Morgan fingerprint density at radius 3 is 2.78 bits per heavy atom. The van der Waals surface area contributed by atoms with Crippen LogP contribution < -0.4 is 11.1 Å². The van der Waals surface area contributed by atoms with Crippen LogP contribution in [0, 0.1) is 6.92 Å². The number of hydrogen-bond donors (Lipinski definition) is 2. The lowest BCUT2D eigenvalue weighted by molar-refractivity contribution is 0.705. The summed E-state index contributed by atoms with van der Waals surface area (Å²) in [4.78, 5) is 4.13. The quantitative estimate of drug-likeness (QED) is 0.913. The summed E-state index contributed by atoms with van der Waals surface area (Å²) >= 11 is 3.50. The second-order valence-electron chi connectivity index (χ2n) is 4.38. The van der Waals surface area contributed by atoms with Crippen LogP contribution in [0.3, 0.4) is 0 Å². The molecule has 2 aromatic rings. The molecule has 0 saturated carbocycles. The first-order chi connectivity index (χ1) is 8.60. The maximum Gasteiger partial charge on any atom is 0.0946 e. The van der Waals surface area contributed by atoms with E-state index in [-0.39, 0.29) is 6.04 Å². The van der Waals surface area contributed by atoms with Gasteiger partial charge in [0.05, 0.1) is 24.3 Å². The average molecular weight is 309 g/mol. The molecule has 2 rings (SSSR count). The lowest BCUT2D eigenvalue weighted by atomic mass is 10.1. The highest BCUT2D eigenvalue weighted by Gasteiger charge is 2.13. The number of benzene rings is 1. The van der Waals surface area contributed by atoms with Gasteiger partial charge in [-0.05, 0) is 30.7 Å². The van der Waals surface area contributed by atoms with Crippen LogP contribution in [0.5, 0.6) is 0 Å². The highest BCUT2D eigenvalue weighted by Crippen LogP contribution is 2.23. The molecule has 0 saturated heterocycles. The van der Waals surface area contributed by atoms with Gasteiger partial charge in [0.25, 0.3) is 0 Å². The summed E-state index contributed by atoms with van der Waals surface area (Å²) in [5.41, 5.74) is 9.18. The zero-order valence-corrected chi connectivity index (χ0v) is 12.1.